The molecule has 0 bridgehead atoms. The van der Waals surface area contributed by atoms with Gasteiger partial charge in [0.25, 0.3) is 0 Å². The minimum Gasteiger partial charge on any atom is -0.455 e. The van der Waals surface area contributed by atoms with Crippen molar-refractivity contribution >= 4 is 65.3 Å². The Hall–Kier alpha value is -7.11. The predicted molar refractivity (Wildman–Crippen MR) is 213 cm³/mol. The van der Waals surface area contributed by atoms with Crippen LogP contribution in [0, 0.1) is 0 Å². The van der Waals surface area contributed by atoms with Gasteiger partial charge >= 0.3 is 0 Å². The molecule has 3 aromatic heterocycles. The van der Waals surface area contributed by atoms with Crippen molar-refractivity contribution in [3.8, 4) is 39.9 Å². The zero-order valence-electron chi connectivity index (χ0n) is 27.9. The summed E-state index contributed by atoms with van der Waals surface area (Å²) >= 11 is 0. The Kier molecular flexibility index (Phi) is 6.18. The summed E-state index contributed by atoms with van der Waals surface area (Å²) in [5.41, 5.74) is 7.74. The maximum atomic E-state index is 6.63. The molecule has 11 aromatic rings. The van der Waals surface area contributed by atoms with E-state index in [2.05, 4.69) is 144 Å². The molecule has 0 radical (unpaired) electrons. The van der Waals surface area contributed by atoms with Gasteiger partial charge in [-0.1, -0.05) is 127 Å². The van der Waals surface area contributed by atoms with Crippen LogP contribution >= 0.6 is 0 Å². The van der Waals surface area contributed by atoms with E-state index in [4.69, 9.17) is 19.4 Å². The van der Waals surface area contributed by atoms with E-state index in [1.165, 1.54) is 16.2 Å². The molecule has 0 amide bonds. The summed E-state index contributed by atoms with van der Waals surface area (Å²) in [6, 6.07) is 59.0. The van der Waals surface area contributed by atoms with Crippen molar-refractivity contribution in [3.05, 3.63) is 170 Å². The molecule has 8 aromatic carbocycles. The first kappa shape index (κ1) is 28.7. The normalized spacial score (nSPS) is 11.8. The molecule has 0 N–H and O–H groups in total. The highest BCUT2D eigenvalue weighted by atomic mass is 16.3. The molecule has 0 unspecified atom stereocenters. The van der Waals surface area contributed by atoms with Crippen LogP contribution in [-0.2, 0) is 0 Å². The highest BCUT2D eigenvalue weighted by Gasteiger charge is 2.21. The molecule has 0 aliphatic carbocycles. The SMILES string of the molecule is c1ccc(-c2nc(-c3ccc4oc5c6ccccc6c6ccccc6c5c4c3)nc(-c3cccc4c5ccccc5n(-c5ccccc5)c34)n2)cc1. The van der Waals surface area contributed by atoms with Crippen LogP contribution in [0.3, 0.4) is 0 Å². The topological polar surface area (TPSA) is 56.7 Å². The molecule has 0 atom stereocenters. The van der Waals surface area contributed by atoms with E-state index >= 15 is 0 Å². The Bertz CT molecular complexity index is 3180. The Balaban J connectivity index is 1.20. The molecule has 0 aliphatic rings. The van der Waals surface area contributed by atoms with E-state index in [1.54, 1.807) is 0 Å². The van der Waals surface area contributed by atoms with Gasteiger partial charge in [0.1, 0.15) is 11.2 Å². The van der Waals surface area contributed by atoms with Crippen LogP contribution in [0.5, 0.6) is 0 Å². The van der Waals surface area contributed by atoms with E-state index in [9.17, 15) is 0 Å². The molecule has 0 aliphatic heterocycles. The minimum atomic E-state index is 0.601. The molecular formula is C47H28N4O. The molecule has 0 spiro atoms. The fourth-order valence-corrected chi connectivity index (χ4v) is 7.93. The molecule has 5 heteroatoms. The molecule has 11 rings (SSSR count). The Morgan fingerprint density at radius 3 is 1.79 bits per heavy atom. The Morgan fingerprint density at radius 2 is 1.00 bits per heavy atom. The highest BCUT2D eigenvalue weighted by Crippen LogP contribution is 2.42. The van der Waals surface area contributed by atoms with Crippen LogP contribution in [0.2, 0.25) is 0 Å². The zero-order valence-corrected chi connectivity index (χ0v) is 27.9. The third-order valence-electron chi connectivity index (χ3n) is 10.2. The first-order valence-corrected chi connectivity index (χ1v) is 17.5. The van der Waals surface area contributed by atoms with Crippen molar-refractivity contribution in [2.45, 2.75) is 0 Å². The van der Waals surface area contributed by atoms with Crippen LogP contribution in [-0.4, -0.2) is 19.5 Å². The van der Waals surface area contributed by atoms with Gasteiger partial charge in [0.2, 0.25) is 0 Å². The first-order chi connectivity index (χ1) is 25.8. The Labute approximate surface area is 298 Å². The van der Waals surface area contributed by atoms with Crippen molar-refractivity contribution in [2.24, 2.45) is 0 Å². The number of rotatable bonds is 4. The molecular weight excluding hydrogens is 637 g/mol. The van der Waals surface area contributed by atoms with Crippen LogP contribution in [0.25, 0.3) is 105 Å². The summed E-state index contributed by atoms with van der Waals surface area (Å²) in [6.45, 7) is 0. The summed E-state index contributed by atoms with van der Waals surface area (Å²) in [6.07, 6.45) is 0. The van der Waals surface area contributed by atoms with Crippen molar-refractivity contribution in [2.75, 3.05) is 0 Å². The quantitative estimate of drug-likeness (QED) is 0.176. The predicted octanol–water partition coefficient (Wildman–Crippen LogP) is 12.2. The number of para-hydroxylation sites is 3. The second kappa shape index (κ2) is 11.2. The molecule has 242 valence electrons. The van der Waals surface area contributed by atoms with Crippen molar-refractivity contribution in [3.63, 3.8) is 0 Å². The van der Waals surface area contributed by atoms with E-state index in [0.717, 1.165) is 71.5 Å². The lowest BCUT2D eigenvalue weighted by Gasteiger charge is -2.12. The van der Waals surface area contributed by atoms with E-state index in [0.29, 0.717) is 17.5 Å². The van der Waals surface area contributed by atoms with Gasteiger partial charge in [0, 0.05) is 49.3 Å². The van der Waals surface area contributed by atoms with Crippen LogP contribution < -0.4 is 0 Å². The number of nitrogens with zero attached hydrogens (tertiary/aromatic N) is 4. The second-order valence-electron chi connectivity index (χ2n) is 13.2. The largest absolute Gasteiger partial charge is 0.455 e. The third kappa shape index (κ3) is 4.26. The molecule has 0 fully saturated rings. The zero-order chi connectivity index (χ0) is 34.2. The summed E-state index contributed by atoms with van der Waals surface area (Å²) in [5.74, 6) is 1.83. The van der Waals surface area contributed by atoms with Crippen molar-refractivity contribution in [1.29, 1.82) is 0 Å². The average Bonchev–Trinajstić information content (AvgIpc) is 3.78. The standard InChI is InChI=1S/C47H28N4O/c1-3-14-29(15-4-1)45-48-46(30-26-27-41-39(28-30)42-35-21-9-7-18-32(35)33-19-8-10-22-37(33)44(42)52-41)50-47(49-45)38-24-13-23-36-34-20-11-12-25-40(34)51(43(36)38)31-16-5-2-6-17-31/h1-28H. The van der Waals surface area contributed by atoms with Gasteiger partial charge in [-0.2, -0.15) is 0 Å². The number of fused-ring (bicyclic) bond motifs is 11. The highest BCUT2D eigenvalue weighted by molar-refractivity contribution is 6.30. The number of furan rings is 1. The molecule has 3 heterocycles. The molecule has 52 heavy (non-hydrogen) atoms. The van der Waals surface area contributed by atoms with Gasteiger partial charge < -0.3 is 8.98 Å². The number of hydrogen-bond donors (Lipinski definition) is 0. The third-order valence-corrected chi connectivity index (χ3v) is 10.2. The van der Waals surface area contributed by atoms with E-state index in [-0.39, 0.29) is 0 Å². The minimum absolute atomic E-state index is 0.601. The number of benzene rings is 8. The first-order valence-electron chi connectivity index (χ1n) is 17.5. The van der Waals surface area contributed by atoms with Crippen LogP contribution in [0.4, 0.5) is 0 Å². The second-order valence-corrected chi connectivity index (χ2v) is 13.2. The average molecular weight is 665 g/mol. The maximum Gasteiger partial charge on any atom is 0.166 e. The summed E-state index contributed by atoms with van der Waals surface area (Å²) in [7, 11) is 0. The lowest BCUT2D eigenvalue weighted by Crippen LogP contribution is -2.02. The van der Waals surface area contributed by atoms with Gasteiger partial charge in [-0.3, -0.25) is 0 Å². The number of aromatic nitrogens is 4. The molecule has 5 nitrogen and oxygen atoms in total. The molecule has 0 saturated heterocycles. The van der Waals surface area contributed by atoms with Gasteiger partial charge in [-0.05, 0) is 58.6 Å². The van der Waals surface area contributed by atoms with Gasteiger partial charge in [0.15, 0.2) is 17.5 Å². The van der Waals surface area contributed by atoms with E-state index in [1.807, 2.05) is 30.3 Å². The number of hydrogen-bond acceptors (Lipinski definition) is 4. The lowest BCUT2D eigenvalue weighted by molar-refractivity contribution is 0.673. The van der Waals surface area contributed by atoms with Crippen molar-refractivity contribution < 1.29 is 4.42 Å². The fraction of sp³-hybridized carbons (Fsp3) is 0. The Morgan fingerprint density at radius 1 is 0.404 bits per heavy atom. The summed E-state index contributed by atoms with van der Waals surface area (Å²) < 4.78 is 8.95. The smallest absolute Gasteiger partial charge is 0.166 e. The maximum absolute atomic E-state index is 6.63. The van der Waals surface area contributed by atoms with Gasteiger partial charge in [-0.25, -0.2) is 15.0 Å². The van der Waals surface area contributed by atoms with Gasteiger partial charge in [-0.15, -0.1) is 0 Å². The monoisotopic (exact) mass is 664 g/mol. The van der Waals surface area contributed by atoms with Crippen molar-refractivity contribution in [1.82, 2.24) is 19.5 Å². The lowest BCUT2D eigenvalue weighted by atomic mass is 9.96. The summed E-state index contributed by atoms with van der Waals surface area (Å²) in [4.78, 5) is 15.6. The fourth-order valence-electron chi connectivity index (χ4n) is 7.93. The molecule has 0 saturated carbocycles. The van der Waals surface area contributed by atoms with Crippen LogP contribution in [0.15, 0.2) is 174 Å². The van der Waals surface area contributed by atoms with Crippen LogP contribution in [0.1, 0.15) is 0 Å². The van der Waals surface area contributed by atoms with E-state index < -0.39 is 0 Å². The van der Waals surface area contributed by atoms with Gasteiger partial charge in [0.05, 0.1) is 11.0 Å². The summed E-state index contributed by atoms with van der Waals surface area (Å²) in [5, 5.41) is 9.10.